The summed E-state index contributed by atoms with van der Waals surface area (Å²) in [7, 11) is -7.76. The summed E-state index contributed by atoms with van der Waals surface area (Å²) in [6.07, 6.45) is -3.18. The molecule has 0 radical (unpaired) electrons. The molecule has 0 bridgehead atoms. The predicted molar refractivity (Wildman–Crippen MR) is 122 cm³/mol. The van der Waals surface area contributed by atoms with E-state index in [2.05, 4.69) is 9.71 Å². The third kappa shape index (κ3) is 6.47. The van der Waals surface area contributed by atoms with E-state index < -0.39 is 36.8 Å². The highest BCUT2D eigenvalue weighted by Crippen LogP contribution is 2.35. The van der Waals surface area contributed by atoms with Gasteiger partial charge >= 0.3 is 6.18 Å². The molecule has 7 nitrogen and oxygen atoms in total. The lowest BCUT2D eigenvalue weighted by atomic mass is 10.2. The minimum Gasteiger partial charge on any atom is -0.244 e. The van der Waals surface area contributed by atoms with E-state index in [0.29, 0.717) is 23.4 Å². The molecule has 3 rings (SSSR count). The van der Waals surface area contributed by atoms with Crippen LogP contribution < -0.4 is 9.03 Å². The molecule has 0 fully saturated rings. The van der Waals surface area contributed by atoms with Gasteiger partial charge in [0.15, 0.2) is 5.82 Å². The fraction of sp³-hybridized carbons (Fsp3) is 0.190. The number of halogens is 4. The summed E-state index contributed by atoms with van der Waals surface area (Å²) in [4.78, 5) is 3.55. The maximum Gasteiger partial charge on any atom is 0.417 e. The Balaban J connectivity index is 2.02. The molecule has 0 aliphatic heterocycles. The summed E-state index contributed by atoms with van der Waals surface area (Å²) in [6.45, 7) is -0.280. The second kappa shape index (κ2) is 9.90. The second-order valence-electron chi connectivity index (χ2n) is 7.26. The standard InChI is InChI=1S/C21H19ClF3N3O4S2/c1-33(29,30)27-12-15-7-9-18(10-8-15)34(31,32)28(14-16-5-3-2-4-6-16)20-19(22)11-17(13-26-20)21(23,24)25/h2-11,13,27H,12,14H2,1H3. The highest BCUT2D eigenvalue weighted by molar-refractivity contribution is 7.92. The molecule has 0 amide bonds. The van der Waals surface area contributed by atoms with E-state index in [1.807, 2.05) is 0 Å². The molecule has 0 saturated heterocycles. The van der Waals surface area contributed by atoms with Gasteiger partial charge in [-0.25, -0.2) is 30.8 Å². The van der Waals surface area contributed by atoms with Crippen LogP contribution in [0.4, 0.5) is 19.0 Å². The number of hydrogen-bond acceptors (Lipinski definition) is 5. The number of benzene rings is 2. The largest absolute Gasteiger partial charge is 0.417 e. The van der Waals surface area contributed by atoms with Crippen molar-refractivity contribution in [3.8, 4) is 0 Å². The van der Waals surface area contributed by atoms with E-state index in [1.54, 1.807) is 30.3 Å². The SMILES string of the molecule is CS(=O)(=O)NCc1ccc(S(=O)(=O)N(Cc2ccccc2)c2ncc(C(F)(F)F)cc2Cl)cc1. The van der Waals surface area contributed by atoms with Crippen LogP contribution in [0.2, 0.25) is 5.02 Å². The smallest absolute Gasteiger partial charge is 0.244 e. The van der Waals surface area contributed by atoms with Crippen LogP contribution in [0.5, 0.6) is 0 Å². The van der Waals surface area contributed by atoms with Crippen molar-refractivity contribution in [3.05, 3.63) is 88.6 Å². The first-order valence-electron chi connectivity index (χ1n) is 9.60. The second-order valence-corrected chi connectivity index (χ2v) is 11.4. The molecule has 0 saturated carbocycles. The minimum absolute atomic E-state index is 0.0425. The van der Waals surface area contributed by atoms with Crippen LogP contribution in [-0.2, 0) is 39.3 Å². The van der Waals surface area contributed by atoms with Gasteiger partial charge in [-0.15, -0.1) is 0 Å². The van der Waals surface area contributed by atoms with Crippen LogP contribution in [0.15, 0.2) is 71.8 Å². The number of nitrogens with one attached hydrogen (secondary N) is 1. The predicted octanol–water partition coefficient (Wildman–Crippen LogP) is 4.20. The van der Waals surface area contributed by atoms with Gasteiger partial charge in [-0.2, -0.15) is 13.2 Å². The molecule has 182 valence electrons. The molecule has 0 unspecified atom stereocenters. The van der Waals surface area contributed by atoms with Crippen molar-refractivity contribution in [1.82, 2.24) is 9.71 Å². The summed E-state index contributed by atoms with van der Waals surface area (Å²) in [5.41, 5.74) is -0.0523. The molecule has 34 heavy (non-hydrogen) atoms. The van der Waals surface area contributed by atoms with Crippen molar-refractivity contribution < 1.29 is 30.0 Å². The molecule has 1 heterocycles. The van der Waals surface area contributed by atoms with Crippen LogP contribution >= 0.6 is 11.6 Å². The molecule has 0 spiro atoms. The van der Waals surface area contributed by atoms with Crippen molar-refractivity contribution in [2.45, 2.75) is 24.2 Å². The van der Waals surface area contributed by atoms with Crippen molar-refractivity contribution >= 4 is 37.5 Å². The number of sulfonamides is 2. The zero-order chi connectivity index (χ0) is 25.1. The van der Waals surface area contributed by atoms with E-state index in [9.17, 15) is 30.0 Å². The van der Waals surface area contributed by atoms with Gasteiger partial charge in [0, 0.05) is 12.7 Å². The Hall–Kier alpha value is -2.67. The summed E-state index contributed by atoms with van der Waals surface area (Å²) >= 11 is 6.07. The number of hydrogen-bond donors (Lipinski definition) is 1. The number of anilines is 1. The van der Waals surface area contributed by atoms with E-state index in [1.165, 1.54) is 24.3 Å². The van der Waals surface area contributed by atoms with Gasteiger partial charge in [0.25, 0.3) is 10.0 Å². The molecular formula is C21H19ClF3N3O4S2. The Morgan fingerprint density at radius 1 is 0.971 bits per heavy atom. The lowest BCUT2D eigenvalue weighted by Gasteiger charge is -2.25. The van der Waals surface area contributed by atoms with Gasteiger partial charge in [-0.3, -0.25) is 0 Å². The summed E-state index contributed by atoms with van der Waals surface area (Å²) in [6, 6.07) is 14.4. The third-order valence-corrected chi connectivity index (χ3v) is 7.30. The molecule has 1 aromatic heterocycles. The molecule has 2 aromatic carbocycles. The number of pyridine rings is 1. The van der Waals surface area contributed by atoms with Crippen LogP contribution in [-0.4, -0.2) is 28.1 Å². The lowest BCUT2D eigenvalue weighted by molar-refractivity contribution is -0.137. The van der Waals surface area contributed by atoms with Gasteiger partial charge in [-0.1, -0.05) is 54.1 Å². The van der Waals surface area contributed by atoms with Crippen LogP contribution in [0.1, 0.15) is 16.7 Å². The maximum absolute atomic E-state index is 13.5. The quantitative estimate of drug-likeness (QED) is 0.468. The fourth-order valence-electron chi connectivity index (χ4n) is 2.91. The summed E-state index contributed by atoms with van der Waals surface area (Å²) < 4.78 is 91.8. The zero-order valence-electron chi connectivity index (χ0n) is 17.6. The van der Waals surface area contributed by atoms with Gasteiger partial charge in [-0.05, 0) is 29.3 Å². The van der Waals surface area contributed by atoms with E-state index >= 15 is 0 Å². The van der Waals surface area contributed by atoms with E-state index in [-0.39, 0.29) is 23.8 Å². The maximum atomic E-state index is 13.5. The number of alkyl halides is 3. The molecule has 0 aliphatic rings. The van der Waals surface area contributed by atoms with Crippen molar-refractivity contribution in [2.75, 3.05) is 10.6 Å². The zero-order valence-corrected chi connectivity index (χ0v) is 20.0. The summed E-state index contributed by atoms with van der Waals surface area (Å²) in [5, 5.41) is -0.483. The van der Waals surface area contributed by atoms with Crippen molar-refractivity contribution in [1.29, 1.82) is 0 Å². The molecule has 1 N–H and O–H groups in total. The van der Waals surface area contributed by atoms with Gasteiger partial charge in [0.05, 0.1) is 28.3 Å². The molecule has 13 heteroatoms. The highest BCUT2D eigenvalue weighted by atomic mass is 35.5. The Morgan fingerprint density at radius 2 is 1.59 bits per heavy atom. The van der Waals surface area contributed by atoms with Gasteiger partial charge in [0.1, 0.15) is 0 Å². The van der Waals surface area contributed by atoms with Gasteiger partial charge in [0.2, 0.25) is 10.0 Å². The molecular weight excluding hydrogens is 515 g/mol. The number of aromatic nitrogens is 1. The Morgan fingerprint density at radius 3 is 2.12 bits per heavy atom. The molecule has 0 atom stereocenters. The Bertz CT molecular complexity index is 1370. The lowest BCUT2D eigenvalue weighted by Crippen LogP contribution is -2.32. The summed E-state index contributed by atoms with van der Waals surface area (Å²) in [5.74, 6) is -0.360. The van der Waals surface area contributed by atoms with Crippen molar-refractivity contribution in [3.63, 3.8) is 0 Å². The average molecular weight is 534 g/mol. The van der Waals surface area contributed by atoms with E-state index in [4.69, 9.17) is 11.6 Å². The Labute approximate surface area is 200 Å². The first kappa shape index (κ1) is 25.9. The normalized spacial score (nSPS) is 12.5. The fourth-order valence-corrected chi connectivity index (χ4v) is 5.09. The first-order valence-corrected chi connectivity index (χ1v) is 13.3. The topological polar surface area (TPSA) is 96.4 Å². The van der Waals surface area contributed by atoms with Gasteiger partial charge < -0.3 is 0 Å². The van der Waals surface area contributed by atoms with Crippen LogP contribution in [0, 0.1) is 0 Å². The number of rotatable bonds is 8. The Kier molecular flexibility index (Phi) is 7.56. The van der Waals surface area contributed by atoms with Crippen LogP contribution in [0.25, 0.3) is 0 Å². The number of nitrogens with zero attached hydrogens (tertiary/aromatic N) is 2. The molecule has 0 aliphatic carbocycles. The van der Waals surface area contributed by atoms with Crippen molar-refractivity contribution in [2.24, 2.45) is 0 Å². The first-order chi connectivity index (χ1) is 15.8. The molecule has 3 aromatic rings. The monoisotopic (exact) mass is 533 g/mol. The highest BCUT2D eigenvalue weighted by Gasteiger charge is 2.34. The van der Waals surface area contributed by atoms with Crippen LogP contribution in [0.3, 0.4) is 0 Å². The third-order valence-electron chi connectivity index (χ3n) is 4.60. The minimum atomic E-state index is -4.70. The van der Waals surface area contributed by atoms with E-state index in [0.717, 1.165) is 10.6 Å². The average Bonchev–Trinajstić information content (AvgIpc) is 2.76.